The van der Waals surface area contributed by atoms with Gasteiger partial charge in [-0.15, -0.1) is 0 Å². The number of nitrogens with zero attached hydrogens (tertiary/aromatic N) is 3. The summed E-state index contributed by atoms with van der Waals surface area (Å²) in [5, 5.41) is 11.1. The number of carbonyl (C=O) groups is 1. The highest BCUT2D eigenvalue weighted by Gasteiger charge is 2.29. The second-order valence-corrected chi connectivity index (χ2v) is 7.13. The standard InChI is InChI=1S/C22H21N3O3/c1-15-12-20(16(2)24(15)14-17-6-4-3-5-7-17)22(26)23-11-10-18-8-9-19(25(27)28)13-21(18)23/h3-9,12-13H,10-11,14H2,1-2H3. The Labute approximate surface area is 163 Å². The zero-order valence-corrected chi connectivity index (χ0v) is 15.9. The summed E-state index contributed by atoms with van der Waals surface area (Å²) in [6, 6.07) is 16.8. The summed E-state index contributed by atoms with van der Waals surface area (Å²) in [4.78, 5) is 25.6. The van der Waals surface area contributed by atoms with Gasteiger partial charge in [0.25, 0.3) is 11.6 Å². The van der Waals surface area contributed by atoms with Gasteiger partial charge in [-0.1, -0.05) is 36.4 Å². The topological polar surface area (TPSA) is 68.4 Å². The minimum Gasteiger partial charge on any atom is -0.344 e. The van der Waals surface area contributed by atoms with Crippen LogP contribution in [0.1, 0.15) is 32.9 Å². The van der Waals surface area contributed by atoms with E-state index in [1.807, 2.05) is 38.1 Å². The van der Waals surface area contributed by atoms with Gasteiger partial charge in [-0.25, -0.2) is 0 Å². The lowest BCUT2D eigenvalue weighted by molar-refractivity contribution is -0.384. The van der Waals surface area contributed by atoms with Gasteiger partial charge in [0.05, 0.1) is 16.2 Å². The second-order valence-electron chi connectivity index (χ2n) is 7.13. The van der Waals surface area contributed by atoms with Crippen LogP contribution in [0.3, 0.4) is 0 Å². The molecule has 0 saturated heterocycles. The van der Waals surface area contributed by atoms with Crippen molar-refractivity contribution >= 4 is 17.3 Å². The Bertz CT molecular complexity index is 1070. The summed E-state index contributed by atoms with van der Waals surface area (Å²) in [5.74, 6) is -0.105. The Morgan fingerprint density at radius 3 is 2.57 bits per heavy atom. The Hall–Kier alpha value is -3.41. The number of carbonyl (C=O) groups excluding carboxylic acids is 1. The number of aryl methyl sites for hydroxylation is 1. The molecule has 28 heavy (non-hydrogen) atoms. The summed E-state index contributed by atoms with van der Waals surface area (Å²) in [7, 11) is 0. The summed E-state index contributed by atoms with van der Waals surface area (Å²) in [6.07, 6.45) is 0.710. The fourth-order valence-electron chi connectivity index (χ4n) is 3.86. The van der Waals surface area contributed by atoms with Crippen LogP contribution in [0.15, 0.2) is 54.6 Å². The molecule has 0 aliphatic carbocycles. The highest BCUT2D eigenvalue weighted by atomic mass is 16.6. The molecule has 0 bridgehead atoms. The van der Waals surface area contributed by atoms with E-state index in [0.717, 1.165) is 17.0 Å². The van der Waals surface area contributed by atoms with E-state index >= 15 is 0 Å². The molecule has 0 spiro atoms. The van der Waals surface area contributed by atoms with E-state index in [9.17, 15) is 14.9 Å². The number of amides is 1. The molecule has 2 aromatic carbocycles. The van der Waals surface area contributed by atoms with Crippen LogP contribution in [-0.2, 0) is 13.0 Å². The van der Waals surface area contributed by atoms with E-state index in [0.29, 0.717) is 30.8 Å². The molecule has 3 aromatic rings. The van der Waals surface area contributed by atoms with Gasteiger partial charge in [0, 0.05) is 36.6 Å². The average Bonchev–Trinajstić information content (AvgIpc) is 3.24. The third kappa shape index (κ3) is 3.07. The van der Waals surface area contributed by atoms with Gasteiger partial charge in [0.15, 0.2) is 0 Å². The number of fused-ring (bicyclic) bond motifs is 1. The van der Waals surface area contributed by atoms with E-state index in [1.54, 1.807) is 11.0 Å². The van der Waals surface area contributed by atoms with Crippen LogP contribution in [0.2, 0.25) is 0 Å². The summed E-state index contributed by atoms with van der Waals surface area (Å²) >= 11 is 0. The van der Waals surface area contributed by atoms with Gasteiger partial charge in [-0.3, -0.25) is 14.9 Å². The normalized spacial score (nSPS) is 12.9. The van der Waals surface area contributed by atoms with Crippen molar-refractivity contribution in [2.75, 3.05) is 11.4 Å². The highest BCUT2D eigenvalue weighted by Crippen LogP contribution is 2.33. The van der Waals surface area contributed by atoms with Gasteiger partial charge in [0.1, 0.15) is 0 Å². The van der Waals surface area contributed by atoms with Crippen LogP contribution in [0.5, 0.6) is 0 Å². The zero-order chi connectivity index (χ0) is 19.8. The molecule has 0 saturated carbocycles. The highest BCUT2D eigenvalue weighted by molar-refractivity contribution is 6.08. The molecule has 1 aliphatic rings. The van der Waals surface area contributed by atoms with Crippen LogP contribution >= 0.6 is 0 Å². The smallest absolute Gasteiger partial charge is 0.271 e. The molecule has 0 unspecified atom stereocenters. The van der Waals surface area contributed by atoms with E-state index in [4.69, 9.17) is 0 Å². The van der Waals surface area contributed by atoms with Gasteiger partial charge < -0.3 is 9.47 Å². The molecule has 6 nitrogen and oxygen atoms in total. The number of benzene rings is 2. The maximum Gasteiger partial charge on any atom is 0.271 e. The predicted octanol–water partition coefficient (Wildman–Crippen LogP) is 4.26. The number of hydrogen-bond acceptors (Lipinski definition) is 3. The van der Waals surface area contributed by atoms with Crippen LogP contribution in [-0.4, -0.2) is 21.9 Å². The first-order valence-corrected chi connectivity index (χ1v) is 9.25. The molecule has 1 aliphatic heterocycles. The molecular formula is C22H21N3O3. The fourth-order valence-corrected chi connectivity index (χ4v) is 3.86. The molecule has 0 atom stereocenters. The zero-order valence-electron chi connectivity index (χ0n) is 15.9. The van der Waals surface area contributed by atoms with Crippen molar-refractivity contribution in [2.24, 2.45) is 0 Å². The molecular weight excluding hydrogens is 354 g/mol. The molecule has 4 rings (SSSR count). The predicted molar refractivity (Wildman–Crippen MR) is 108 cm³/mol. The first-order valence-electron chi connectivity index (χ1n) is 9.25. The van der Waals surface area contributed by atoms with Crippen molar-refractivity contribution < 1.29 is 9.72 Å². The van der Waals surface area contributed by atoms with Gasteiger partial charge in [-0.2, -0.15) is 0 Å². The molecule has 0 radical (unpaired) electrons. The van der Waals surface area contributed by atoms with Crippen LogP contribution in [0.4, 0.5) is 11.4 Å². The van der Waals surface area contributed by atoms with Gasteiger partial charge in [-0.05, 0) is 37.5 Å². The Morgan fingerprint density at radius 1 is 1.11 bits per heavy atom. The van der Waals surface area contributed by atoms with E-state index in [2.05, 4.69) is 16.7 Å². The molecule has 0 N–H and O–H groups in total. The number of nitro benzene ring substituents is 1. The lowest BCUT2D eigenvalue weighted by Gasteiger charge is -2.17. The average molecular weight is 375 g/mol. The Kier molecular flexibility index (Phi) is 4.47. The minimum absolute atomic E-state index is 0.00741. The second kappa shape index (κ2) is 6.96. The van der Waals surface area contributed by atoms with Crippen molar-refractivity contribution in [3.05, 3.63) is 92.8 Å². The van der Waals surface area contributed by atoms with Crippen molar-refractivity contribution in [1.29, 1.82) is 0 Å². The number of hydrogen-bond donors (Lipinski definition) is 0. The van der Waals surface area contributed by atoms with E-state index in [1.165, 1.54) is 17.7 Å². The number of aromatic nitrogens is 1. The molecule has 6 heteroatoms. The lowest BCUT2D eigenvalue weighted by Crippen LogP contribution is -2.29. The maximum atomic E-state index is 13.3. The van der Waals surface area contributed by atoms with Crippen molar-refractivity contribution in [3.63, 3.8) is 0 Å². The van der Waals surface area contributed by atoms with E-state index in [-0.39, 0.29) is 11.6 Å². The number of nitro groups is 1. The SMILES string of the molecule is Cc1cc(C(=O)N2CCc3ccc([N+](=O)[O-])cc32)c(C)n1Cc1ccccc1. The molecule has 1 aromatic heterocycles. The van der Waals surface area contributed by atoms with Crippen LogP contribution < -0.4 is 4.90 Å². The quantitative estimate of drug-likeness (QED) is 0.505. The van der Waals surface area contributed by atoms with Crippen molar-refractivity contribution in [3.8, 4) is 0 Å². The van der Waals surface area contributed by atoms with Crippen LogP contribution in [0.25, 0.3) is 0 Å². The summed E-state index contributed by atoms with van der Waals surface area (Å²) in [6.45, 7) is 5.19. The minimum atomic E-state index is -0.424. The molecule has 1 amide bonds. The fraction of sp³-hybridized carbons (Fsp3) is 0.227. The monoisotopic (exact) mass is 375 g/mol. The number of rotatable bonds is 4. The largest absolute Gasteiger partial charge is 0.344 e. The third-order valence-electron chi connectivity index (χ3n) is 5.41. The summed E-state index contributed by atoms with van der Waals surface area (Å²) < 4.78 is 2.13. The number of non-ortho nitro benzene ring substituents is 1. The van der Waals surface area contributed by atoms with Crippen LogP contribution in [0, 0.1) is 24.0 Å². The number of anilines is 1. The van der Waals surface area contributed by atoms with Crippen molar-refractivity contribution in [2.45, 2.75) is 26.8 Å². The Morgan fingerprint density at radius 2 is 1.86 bits per heavy atom. The lowest BCUT2D eigenvalue weighted by atomic mass is 10.1. The summed E-state index contributed by atoms with van der Waals surface area (Å²) in [5.41, 5.74) is 5.36. The van der Waals surface area contributed by atoms with Gasteiger partial charge >= 0.3 is 0 Å². The third-order valence-corrected chi connectivity index (χ3v) is 5.41. The van der Waals surface area contributed by atoms with Gasteiger partial charge in [0.2, 0.25) is 0 Å². The van der Waals surface area contributed by atoms with Crippen molar-refractivity contribution in [1.82, 2.24) is 4.57 Å². The van der Waals surface area contributed by atoms with E-state index < -0.39 is 4.92 Å². The maximum absolute atomic E-state index is 13.3. The first kappa shape index (κ1) is 18.0. The molecule has 142 valence electrons. The first-order chi connectivity index (χ1) is 13.5. The molecule has 2 heterocycles. The Balaban J connectivity index is 1.66. The molecule has 0 fully saturated rings.